The number of hydrogen-bond donors (Lipinski definition) is 1. The molecule has 3 unspecified atom stereocenters. The lowest BCUT2D eigenvalue weighted by atomic mass is 9.98. The second-order valence-corrected chi connectivity index (χ2v) is 8.23. The van der Waals surface area contributed by atoms with Gasteiger partial charge in [-0.25, -0.2) is 8.42 Å². The van der Waals surface area contributed by atoms with Gasteiger partial charge in [0.15, 0.2) is 0 Å². The van der Waals surface area contributed by atoms with Crippen molar-refractivity contribution in [3.63, 3.8) is 0 Å². The lowest BCUT2D eigenvalue weighted by Gasteiger charge is -2.19. The Labute approximate surface area is 125 Å². The van der Waals surface area contributed by atoms with Gasteiger partial charge in [-0.15, -0.1) is 0 Å². The number of nitrogens with two attached hydrogens (primary N) is 1. The van der Waals surface area contributed by atoms with E-state index in [0.29, 0.717) is 29.9 Å². The number of sulfonamides is 1. The number of aryl methyl sites for hydroxylation is 1. The predicted octanol–water partition coefficient (Wildman–Crippen LogP) is 2.01. The zero-order valence-corrected chi connectivity index (χ0v) is 13.0. The first-order valence-corrected chi connectivity index (χ1v) is 8.73. The van der Waals surface area contributed by atoms with E-state index < -0.39 is 10.0 Å². The quantitative estimate of drug-likeness (QED) is 0.908. The number of fused-ring (bicyclic) bond motifs is 1. The third-order valence-electron chi connectivity index (χ3n) is 4.58. The van der Waals surface area contributed by atoms with Crippen molar-refractivity contribution in [1.29, 1.82) is 0 Å². The number of benzene rings is 1. The molecule has 4 nitrogen and oxygen atoms in total. The molecule has 0 amide bonds. The highest BCUT2D eigenvalue weighted by molar-refractivity contribution is 7.89. The van der Waals surface area contributed by atoms with Crippen molar-refractivity contribution in [3.8, 4) is 0 Å². The fourth-order valence-corrected chi connectivity index (χ4v) is 5.52. The van der Waals surface area contributed by atoms with Gasteiger partial charge in [-0.2, -0.15) is 4.31 Å². The first-order valence-electron chi connectivity index (χ1n) is 6.91. The van der Waals surface area contributed by atoms with Crippen molar-refractivity contribution in [2.45, 2.75) is 30.7 Å². The Morgan fingerprint density at radius 2 is 2.05 bits per heavy atom. The monoisotopic (exact) mass is 314 g/mol. The zero-order chi connectivity index (χ0) is 14.5. The summed E-state index contributed by atoms with van der Waals surface area (Å²) < 4.78 is 27.0. The van der Waals surface area contributed by atoms with Crippen LogP contribution >= 0.6 is 11.6 Å². The standard InChI is InChI=1S/C14H19ClN2O2S/c1-9-2-5-14(12(15)6-9)20(18,19)17-7-10-3-4-13(16)11(10)8-17/h2,5-6,10-11,13H,3-4,7-8,16H2,1H3. The summed E-state index contributed by atoms with van der Waals surface area (Å²) in [6.07, 6.45) is 2.04. The van der Waals surface area contributed by atoms with Crippen LogP contribution in [-0.2, 0) is 10.0 Å². The molecular weight excluding hydrogens is 296 g/mol. The van der Waals surface area contributed by atoms with Crippen molar-refractivity contribution in [2.24, 2.45) is 17.6 Å². The fourth-order valence-electron chi connectivity index (χ4n) is 3.42. The lowest BCUT2D eigenvalue weighted by Crippen LogP contribution is -2.33. The van der Waals surface area contributed by atoms with Gasteiger partial charge in [0.1, 0.15) is 4.90 Å². The van der Waals surface area contributed by atoms with E-state index in [1.54, 1.807) is 22.5 Å². The summed E-state index contributed by atoms with van der Waals surface area (Å²) in [5.41, 5.74) is 7.02. The molecule has 1 aliphatic carbocycles. The van der Waals surface area contributed by atoms with E-state index in [9.17, 15) is 8.42 Å². The second kappa shape index (κ2) is 4.98. The first-order chi connectivity index (χ1) is 9.39. The Kier molecular flexibility index (Phi) is 3.57. The Morgan fingerprint density at radius 1 is 1.30 bits per heavy atom. The van der Waals surface area contributed by atoms with Crippen LogP contribution in [0.1, 0.15) is 18.4 Å². The van der Waals surface area contributed by atoms with Crippen LogP contribution in [0, 0.1) is 18.8 Å². The maximum absolute atomic E-state index is 12.7. The fraction of sp³-hybridized carbons (Fsp3) is 0.571. The summed E-state index contributed by atoms with van der Waals surface area (Å²) in [4.78, 5) is 0.207. The van der Waals surface area contributed by atoms with Crippen molar-refractivity contribution >= 4 is 21.6 Å². The van der Waals surface area contributed by atoms with E-state index in [1.165, 1.54) is 0 Å². The van der Waals surface area contributed by atoms with Crippen molar-refractivity contribution in [3.05, 3.63) is 28.8 Å². The molecule has 2 N–H and O–H groups in total. The Bertz CT molecular complexity index is 632. The minimum Gasteiger partial charge on any atom is -0.327 e. The second-order valence-electron chi connectivity index (χ2n) is 5.92. The molecule has 3 atom stereocenters. The topological polar surface area (TPSA) is 63.4 Å². The summed E-state index contributed by atoms with van der Waals surface area (Å²) in [5, 5.41) is 0.298. The number of nitrogens with zero attached hydrogens (tertiary/aromatic N) is 1. The molecule has 110 valence electrons. The Balaban J connectivity index is 1.90. The van der Waals surface area contributed by atoms with Gasteiger partial charge in [0.2, 0.25) is 10.0 Å². The lowest BCUT2D eigenvalue weighted by molar-refractivity contribution is 0.427. The highest BCUT2D eigenvalue weighted by Crippen LogP contribution is 2.40. The smallest absolute Gasteiger partial charge is 0.244 e. The molecule has 3 rings (SSSR count). The van der Waals surface area contributed by atoms with E-state index in [0.717, 1.165) is 18.4 Å². The molecule has 1 saturated heterocycles. The van der Waals surface area contributed by atoms with Gasteiger partial charge in [0.05, 0.1) is 5.02 Å². The van der Waals surface area contributed by atoms with E-state index >= 15 is 0 Å². The van der Waals surface area contributed by atoms with E-state index in [-0.39, 0.29) is 10.9 Å². The Morgan fingerprint density at radius 3 is 2.70 bits per heavy atom. The van der Waals surface area contributed by atoms with Gasteiger partial charge in [0, 0.05) is 19.1 Å². The van der Waals surface area contributed by atoms with Gasteiger partial charge >= 0.3 is 0 Å². The molecule has 1 aromatic rings. The molecule has 1 aromatic carbocycles. The van der Waals surface area contributed by atoms with E-state index in [4.69, 9.17) is 17.3 Å². The van der Waals surface area contributed by atoms with Crippen LogP contribution in [0.15, 0.2) is 23.1 Å². The molecule has 1 saturated carbocycles. The van der Waals surface area contributed by atoms with E-state index in [1.807, 2.05) is 6.92 Å². The highest BCUT2D eigenvalue weighted by Gasteiger charge is 2.45. The number of halogens is 1. The van der Waals surface area contributed by atoms with Gasteiger partial charge in [-0.3, -0.25) is 0 Å². The van der Waals surface area contributed by atoms with Crippen LogP contribution in [0.4, 0.5) is 0 Å². The molecule has 0 bridgehead atoms. The molecule has 20 heavy (non-hydrogen) atoms. The minimum absolute atomic E-state index is 0.133. The average Bonchev–Trinajstić information content (AvgIpc) is 2.92. The zero-order valence-electron chi connectivity index (χ0n) is 11.4. The molecule has 6 heteroatoms. The van der Waals surface area contributed by atoms with Gasteiger partial charge in [0.25, 0.3) is 0 Å². The van der Waals surface area contributed by atoms with Gasteiger partial charge in [-0.05, 0) is 49.3 Å². The maximum atomic E-state index is 12.7. The van der Waals surface area contributed by atoms with Crippen LogP contribution in [0.25, 0.3) is 0 Å². The normalized spacial score (nSPS) is 30.6. The minimum atomic E-state index is -3.51. The van der Waals surface area contributed by atoms with Crippen molar-refractivity contribution < 1.29 is 8.42 Å². The molecule has 2 aliphatic rings. The summed E-state index contributed by atoms with van der Waals surface area (Å²) in [7, 11) is -3.51. The summed E-state index contributed by atoms with van der Waals surface area (Å²) in [6, 6.07) is 5.20. The molecule has 0 radical (unpaired) electrons. The molecular formula is C14H19ClN2O2S. The largest absolute Gasteiger partial charge is 0.327 e. The third kappa shape index (κ3) is 2.26. The molecule has 0 spiro atoms. The summed E-state index contributed by atoms with van der Waals surface area (Å²) >= 11 is 6.11. The van der Waals surface area contributed by atoms with Crippen LogP contribution in [0.3, 0.4) is 0 Å². The third-order valence-corrected chi connectivity index (χ3v) is 6.90. The van der Waals surface area contributed by atoms with Gasteiger partial charge < -0.3 is 5.73 Å². The summed E-state index contributed by atoms with van der Waals surface area (Å²) in [5.74, 6) is 0.706. The molecule has 2 fully saturated rings. The molecule has 0 aromatic heterocycles. The predicted molar refractivity (Wildman–Crippen MR) is 79.1 cm³/mol. The molecule has 1 heterocycles. The SMILES string of the molecule is Cc1ccc(S(=O)(=O)N2CC3CCC(N)C3C2)c(Cl)c1. The molecule has 1 aliphatic heterocycles. The maximum Gasteiger partial charge on any atom is 0.244 e. The van der Waals surface area contributed by atoms with Crippen LogP contribution in [0.2, 0.25) is 5.02 Å². The van der Waals surface area contributed by atoms with E-state index in [2.05, 4.69) is 0 Å². The van der Waals surface area contributed by atoms with Crippen molar-refractivity contribution in [2.75, 3.05) is 13.1 Å². The van der Waals surface area contributed by atoms with Crippen molar-refractivity contribution in [1.82, 2.24) is 4.31 Å². The van der Waals surface area contributed by atoms with Crippen LogP contribution in [-0.4, -0.2) is 31.9 Å². The average molecular weight is 315 g/mol. The number of hydrogen-bond acceptors (Lipinski definition) is 3. The highest BCUT2D eigenvalue weighted by atomic mass is 35.5. The Hall–Kier alpha value is -0.620. The summed E-state index contributed by atoms with van der Waals surface area (Å²) in [6.45, 7) is 2.99. The van der Waals surface area contributed by atoms with Gasteiger partial charge in [-0.1, -0.05) is 17.7 Å². The van der Waals surface area contributed by atoms with Crippen LogP contribution in [0.5, 0.6) is 0 Å². The van der Waals surface area contributed by atoms with Crippen LogP contribution < -0.4 is 5.73 Å². The first kappa shape index (κ1) is 14.3. The number of rotatable bonds is 2.